The van der Waals surface area contributed by atoms with Crippen LogP contribution >= 0.6 is 24.0 Å². The van der Waals surface area contributed by atoms with Crippen LogP contribution in [-0.2, 0) is 27.4 Å². The first-order valence-corrected chi connectivity index (χ1v) is 10.9. The van der Waals surface area contributed by atoms with E-state index in [1.807, 2.05) is 7.05 Å². The van der Waals surface area contributed by atoms with Crippen LogP contribution < -0.4 is 10.6 Å². The van der Waals surface area contributed by atoms with Crippen LogP contribution in [0.1, 0.15) is 44.2 Å². The molecule has 3 unspecified atom stereocenters. The van der Waals surface area contributed by atoms with Gasteiger partial charge in [-0.1, -0.05) is 38.1 Å². The van der Waals surface area contributed by atoms with Gasteiger partial charge in [-0.2, -0.15) is 0 Å². The third-order valence-corrected chi connectivity index (χ3v) is 6.72. The number of guanidine groups is 1. The molecule has 1 aromatic carbocycles. The topological polar surface area (TPSA) is 64.1 Å². The van der Waals surface area contributed by atoms with E-state index in [0.29, 0.717) is 30.8 Å². The second kappa shape index (κ2) is 10.6. The Kier molecular flexibility index (Phi) is 8.40. The zero-order valence-corrected chi connectivity index (χ0v) is 20.7. The second-order valence-electron chi connectivity index (χ2n) is 9.06. The van der Waals surface area contributed by atoms with Crippen LogP contribution in [0.5, 0.6) is 0 Å². The molecule has 2 saturated heterocycles. The Hall–Kier alpha value is -0.900. The Morgan fingerprint density at radius 2 is 1.93 bits per heavy atom. The molecule has 2 aliphatic heterocycles. The first-order valence-electron chi connectivity index (χ1n) is 10.9. The van der Waals surface area contributed by atoms with Crippen molar-refractivity contribution in [2.45, 2.75) is 64.5 Å². The molecule has 0 spiro atoms. The lowest BCUT2D eigenvalue weighted by molar-refractivity contribution is -0.106. The van der Waals surface area contributed by atoms with Crippen molar-refractivity contribution in [2.75, 3.05) is 26.9 Å². The summed E-state index contributed by atoms with van der Waals surface area (Å²) < 4.78 is 17.4. The highest BCUT2D eigenvalue weighted by atomic mass is 127. The molecule has 168 valence electrons. The lowest BCUT2D eigenvalue weighted by Crippen LogP contribution is -2.67. The Labute approximate surface area is 197 Å². The fourth-order valence-electron chi connectivity index (χ4n) is 5.03. The van der Waals surface area contributed by atoms with Gasteiger partial charge < -0.3 is 24.8 Å². The smallest absolute Gasteiger partial charge is 0.191 e. The standard InChI is InChI=1S/C23H35N3O3.HI/c1-23(2)20(19-9-12-28-21(19)23)26-22(24-3)25-14-16-5-4-6-17(13-16)15-29-18-7-10-27-11-8-18;/h4-6,13,18-21H,7-12,14-15H2,1-3H3,(H2,24,25,26);1H. The summed E-state index contributed by atoms with van der Waals surface area (Å²) >= 11 is 0. The SMILES string of the molecule is CN=C(NCc1cccc(COC2CCOCC2)c1)NC1C2CCOC2C1(C)C.I. The third kappa shape index (κ3) is 5.29. The first-order chi connectivity index (χ1) is 14.1. The molecule has 0 aromatic heterocycles. The molecule has 3 aliphatic rings. The van der Waals surface area contributed by atoms with Gasteiger partial charge in [0.15, 0.2) is 5.96 Å². The molecule has 1 aliphatic carbocycles. The van der Waals surface area contributed by atoms with Crippen LogP contribution in [0.25, 0.3) is 0 Å². The van der Waals surface area contributed by atoms with Gasteiger partial charge >= 0.3 is 0 Å². The Morgan fingerprint density at radius 1 is 1.17 bits per heavy atom. The predicted octanol–water partition coefficient (Wildman–Crippen LogP) is 3.48. The Bertz CT molecular complexity index is 721. The largest absolute Gasteiger partial charge is 0.381 e. The molecular weight excluding hydrogens is 493 g/mol. The third-order valence-electron chi connectivity index (χ3n) is 6.72. The van der Waals surface area contributed by atoms with Crippen molar-refractivity contribution in [3.63, 3.8) is 0 Å². The number of nitrogens with zero attached hydrogens (tertiary/aromatic N) is 1. The number of aliphatic imine (C=N–C) groups is 1. The van der Waals surface area contributed by atoms with Gasteiger partial charge in [-0.25, -0.2) is 0 Å². The monoisotopic (exact) mass is 529 g/mol. The number of hydrogen-bond donors (Lipinski definition) is 2. The summed E-state index contributed by atoms with van der Waals surface area (Å²) in [6, 6.07) is 9.00. The summed E-state index contributed by atoms with van der Waals surface area (Å²) in [5.41, 5.74) is 2.58. The number of ether oxygens (including phenoxy) is 3. The molecule has 30 heavy (non-hydrogen) atoms. The normalized spacial score (nSPS) is 28.2. The van der Waals surface area contributed by atoms with Crippen molar-refractivity contribution in [3.8, 4) is 0 Å². The maximum Gasteiger partial charge on any atom is 0.191 e. The number of nitrogens with one attached hydrogen (secondary N) is 2. The van der Waals surface area contributed by atoms with Gasteiger partial charge in [-0.05, 0) is 30.4 Å². The summed E-state index contributed by atoms with van der Waals surface area (Å²) in [6.45, 7) is 8.47. The van der Waals surface area contributed by atoms with E-state index in [9.17, 15) is 0 Å². The van der Waals surface area contributed by atoms with Crippen molar-refractivity contribution < 1.29 is 14.2 Å². The number of halogens is 1. The van der Waals surface area contributed by atoms with Gasteiger partial charge in [0.05, 0.1) is 18.8 Å². The van der Waals surface area contributed by atoms with Crippen molar-refractivity contribution >= 4 is 29.9 Å². The highest BCUT2D eigenvalue weighted by molar-refractivity contribution is 14.0. The molecule has 3 atom stereocenters. The fraction of sp³-hybridized carbons (Fsp3) is 0.696. The molecule has 0 radical (unpaired) electrons. The lowest BCUT2D eigenvalue weighted by Gasteiger charge is -2.54. The molecular formula is C23H36IN3O3. The van der Waals surface area contributed by atoms with E-state index in [0.717, 1.165) is 51.6 Å². The first kappa shape index (κ1) is 23.8. The van der Waals surface area contributed by atoms with Gasteiger partial charge in [-0.3, -0.25) is 4.99 Å². The molecule has 1 aromatic rings. The van der Waals surface area contributed by atoms with Crippen LogP contribution in [0, 0.1) is 11.3 Å². The van der Waals surface area contributed by atoms with E-state index >= 15 is 0 Å². The average Bonchev–Trinajstić information content (AvgIpc) is 3.21. The molecule has 0 bridgehead atoms. The summed E-state index contributed by atoms with van der Waals surface area (Å²) in [7, 11) is 1.84. The van der Waals surface area contributed by atoms with E-state index in [-0.39, 0.29) is 29.4 Å². The van der Waals surface area contributed by atoms with E-state index < -0.39 is 0 Å². The molecule has 2 heterocycles. The minimum atomic E-state index is 0. The summed E-state index contributed by atoms with van der Waals surface area (Å²) in [6.07, 6.45) is 3.83. The Balaban J connectivity index is 0.00000256. The van der Waals surface area contributed by atoms with Crippen molar-refractivity contribution in [2.24, 2.45) is 16.3 Å². The van der Waals surface area contributed by atoms with Gasteiger partial charge in [0.25, 0.3) is 0 Å². The molecule has 2 N–H and O–H groups in total. The van der Waals surface area contributed by atoms with E-state index in [4.69, 9.17) is 14.2 Å². The van der Waals surface area contributed by atoms with E-state index in [1.54, 1.807) is 0 Å². The summed E-state index contributed by atoms with van der Waals surface area (Å²) in [5, 5.41) is 7.12. The van der Waals surface area contributed by atoms with Crippen molar-refractivity contribution in [1.29, 1.82) is 0 Å². The van der Waals surface area contributed by atoms with Crippen LogP contribution in [-0.4, -0.2) is 51.1 Å². The van der Waals surface area contributed by atoms with Crippen LogP contribution in [0.2, 0.25) is 0 Å². The fourth-order valence-corrected chi connectivity index (χ4v) is 5.03. The lowest BCUT2D eigenvalue weighted by atomic mass is 9.57. The van der Waals surface area contributed by atoms with Crippen LogP contribution in [0.3, 0.4) is 0 Å². The maximum atomic E-state index is 6.06. The van der Waals surface area contributed by atoms with Gasteiger partial charge in [0.2, 0.25) is 0 Å². The highest BCUT2D eigenvalue weighted by Gasteiger charge is 2.59. The molecule has 0 amide bonds. The van der Waals surface area contributed by atoms with Crippen molar-refractivity contribution in [3.05, 3.63) is 35.4 Å². The van der Waals surface area contributed by atoms with Crippen molar-refractivity contribution in [1.82, 2.24) is 10.6 Å². The Morgan fingerprint density at radius 3 is 2.70 bits per heavy atom. The maximum absolute atomic E-state index is 6.06. The minimum absolute atomic E-state index is 0. The van der Waals surface area contributed by atoms with E-state index in [1.165, 1.54) is 11.1 Å². The van der Waals surface area contributed by atoms with E-state index in [2.05, 4.69) is 53.7 Å². The number of benzene rings is 1. The molecule has 3 fully saturated rings. The predicted molar refractivity (Wildman–Crippen MR) is 129 cm³/mol. The van der Waals surface area contributed by atoms with Crippen LogP contribution in [0.4, 0.5) is 0 Å². The zero-order valence-electron chi connectivity index (χ0n) is 18.4. The van der Waals surface area contributed by atoms with Crippen LogP contribution in [0.15, 0.2) is 29.3 Å². The van der Waals surface area contributed by atoms with Gasteiger partial charge in [0, 0.05) is 50.8 Å². The molecule has 1 saturated carbocycles. The molecule has 6 nitrogen and oxygen atoms in total. The number of fused-ring (bicyclic) bond motifs is 1. The highest BCUT2D eigenvalue weighted by Crippen LogP contribution is 2.52. The molecule has 7 heteroatoms. The minimum Gasteiger partial charge on any atom is -0.381 e. The number of rotatable bonds is 6. The zero-order chi connectivity index (χ0) is 20.3. The summed E-state index contributed by atoms with van der Waals surface area (Å²) in [4.78, 5) is 4.44. The molecule has 4 rings (SSSR count). The number of hydrogen-bond acceptors (Lipinski definition) is 4. The van der Waals surface area contributed by atoms with Gasteiger partial charge in [0.1, 0.15) is 0 Å². The summed E-state index contributed by atoms with van der Waals surface area (Å²) in [5.74, 6) is 1.45. The average molecular weight is 529 g/mol. The van der Waals surface area contributed by atoms with Gasteiger partial charge in [-0.15, -0.1) is 24.0 Å². The second-order valence-corrected chi connectivity index (χ2v) is 9.06. The quantitative estimate of drug-likeness (QED) is 0.336.